The molecule has 1 aliphatic rings. The highest BCUT2D eigenvalue weighted by molar-refractivity contribution is 5.90. The first-order valence-corrected chi connectivity index (χ1v) is 12.6. The van der Waals surface area contributed by atoms with Crippen molar-refractivity contribution in [1.29, 1.82) is 0 Å². The van der Waals surface area contributed by atoms with Crippen LogP contribution in [0.3, 0.4) is 0 Å². The van der Waals surface area contributed by atoms with Crippen molar-refractivity contribution in [2.75, 3.05) is 6.54 Å². The molecule has 1 amide bonds. The van der Waals surface area contributed by atoms with E-state index in [-0.39, 0.29) is 5.91 Å². The largest absolute Gasteiger partial charge is 0.479 e. The molecule has 0 saturated carbocycles. The number of carbonyl (C=O) groups excluding carboxylic acids is 1. The summed E-state index contributed by atoms with van der Waals surface area (Å²) in [5.74, 6) is -0.738. The number of hydrogen-bond donors (Lipinski definition) is 1. The van der Waals surface area contributed by atoms with Crippen molar-refractivity contribution in [2.45, 2.75) is 141 Å². The Hall–Kier alpha value is -1.06. The topological polar surface area (TPSA) is 57.6 Å². The van der Waals surface area contributed by atoms with Crippen molar-refractivity contribution in [2.24, 2.45) is 0 Å². The first-order valence-electron chi connectivity index (χ1n) is 12.6. The number of carbonyl (C=O) groups is 2. The minimum Gasteiger partial charge on any atom is -0.479 e. The fraction of sp³-hybridized carbons (Fsp3) is 0.920. The summed E-state index contributed by atoms with van der Waals surface area (Å²) in [4.78, 5) is 26.3. The molecular formula is C25H47NO3. The van der Waals surface area contributed by atoms with E-state index >= 15 is 0 Å². The van der Waals surface area contributed by atoms with Gasteiger partial charge in [-0.2, -0.15) is 0 Å². The third-order valence-corrected chi connectivity index (χ3v) is 6.65. The molecule has 1 heterocycles. The molecule has 0 aliphatic carbocycles. The summed E-state index contributed by atoms with van der Waals surface area (Å²) >= 11 is 0. The zero-order valence-corrected chi connectivity index (χ0v) is 19.4. The summed E-state index contributed by atoms with van der Waals surface area (Å²) in [7, 11) is 0. The Kier molecular flexibility index (Phi) is 14.1. The van der Waals surface area contributed by atoms with Gasteiger partial charge in [-0.25, -0.2) is 4.79 Å². The van der Waals surface area contributed by atoms with E-state index in [1.165, 1.54) is 77.0 Å². The van der Waals surface area contributed by atoms with Crippen molar-refractivity contribution in [3.8, 4) is 0 Å². The number of aliphatic carboxylic acids is 1. The average Bonchev–Trinajstić information content (AvgIpc) is 3.03. The number of carboxylic acid groups (broad SMARTS) is 1. The van der Waals surface area contributed by atoms with Gasteiger partial charge in [-0.1, -0.05) is 110 Å². The standard InChI is InChI=1S/C25H47NO3/c1-3-5-7-9-11-12-13-14-16-18-22-26-23(27)19-21-25(26,24(28)29)20-17-15-10-8-6-4-2/h3-22H2,1-2H3,(H,28,29)/t25-/m0/s1. The SMILES string of the molecule is CCCCCCCCCCCCN1C(=O)CC[C@@]1(CCCCCCCC)C(=O)O. The lowest BCUT2D eigenvalue weighted by molar-refractivity contribution is -0.155. The van der Waals surface area contributed by atoms with E-state index in [9.17, 15) is 14.7 Å². The van der Waals surface area contributed by atoms with E-state index in [2.05, 4.69) is 13.8 Å². The molecule has 170 valence electrons. The van der Waals surface area contributed by atoms with Crippen LogP contribution >= 0.6 is 0 Å². The second-order valence-electron chi connectivity index (χ2n) is 9.08. The fourth-order valence-corrected chi connectivity index (χ4v) is 4.71. The molecule has 0 spiro atoms. The molecule has 1 saturated heterocycles. The summed E-state index contributed by atoms with van der Waals surface area (Å²) in [6.07, 6.45) is 20.9. The number of unbranched alkanes of at least 4 members (excludes halogenated alkanes) is 14. The minimum absolute atomic E-state index is 0.0503. The average molecular weight is 410 g/mol. The molecule has 0 bridgehead atoms. The molecule has 1 fully saturated rings. The highest BCUT2D eigenvalue weighted by Crippen LogP contribution is 2.36. The Morgan fingerprint density at radius 1 is 0.793 bits per heavy atom. The third-order valence-electron chi connectivity index (χ3n) is 6.65. The molecule has 0 aromatic carbocycles. The van der Waals surface area contributed by atoms with Crippen LogP contribution < -0.4 is 0 Å². The maximum atomic E-state index is 12.4. The molecule has 4 heteroatoms. The number of carboxylic acids is 1. The van der Waals surface area contributed by atoms with Crippen molar-refractivity contribution < 1.29 is 14.7 Å². The van der Waals surface area contributed by atoms with Crippen LogP contribution in [0.25, 0.3) is 0 Å². The van der Waals surface area contributed by atoms with Crippen LogP contribution in [0.2, 0.25) is 0 Å². The third kappa shape index (κ3) is 9.53. The molecule has 1 rings (SSSR count). The smallest absolute Gasteiger partial charge is 0.329 e. The predicted octanol–water partition coefficient (Wildman–Crippen LogP) is 7.10. The maximum Gasteiger partial charge on any atom is 0.329 e. The fourth-order valence-electron chi connectivity index (χ4n) is 4.71. The second-order valence-corrected chi connectivity index (χ2v) is 9.08. The van der Waals surface area contributed by atoms with E-state index in [1.807, 2.05) is 0 Å². The van der Waals surface area contributed by atoms with Gasteiger partial charge in [0.2, 0.25) is 5.91 Å². The zero-order chi connectivity index (χ0) is 21.4. The first-order chi connectivity index (χ1) is 14.1. The molecule has 1 N–H and O–H groups in total. The lowest BCUT2D eigenvalue weighted by atomic mass is 9.89. The Morgan fingerprint density at radius 3 is 1.72 bits per heavy atom. The second kappa shape index (κ2) is 15.7. The van der Waals surface area contributed by atoms with Crippen LogP contribution in [0, 0.1) is 0 Å². The Morgan fingerprint density at radius 2 is 1.24 bits per heavy atom. The molecule has 0 radical (unpaired) electrons. The van der Waals surface area contributed by atoms with Gasteiger partial charge in [-0.3, -0.25) is 4.79 Å². The predicted molar refractivity (Wildman–Crippen MR) is 121 cm³/mol. The summed E-state index contributed by atoms with van der Waals surface area (Å²) < 4.78 is 0. The van der Waals surface area contributed by atoms with Crippen LogP contribution in [0.4, 0.5) is 0 Å². The molecule has 0 aromatic rings. The van der Waals surface area contributed by atoms with Gasteiger partial charge in [0.25, 0.3) is 0 Å². The van der Waals surface area contributed by atoms with Gasteiger partial charge >= 0.3 is 5.97 Å². The lowest BCUT2D eigenvalue weighted by Gasteiger charge is -2.35. The number of nitrogens with zero attached hydrogens (tertiary/aromatic N) is 1. The number of hydrogen-bond acceptors (Lipinski definition) is 2. The first kappa shape index (κ1) is 26.0. The summed E-state index contributed by atoms with van der Waals surface area (Å²) in [5.41, 5.74) is -0.929. The Bertz CT molecular complexity index is 451. The van der Waals surface area contributed by atoms with Crippen molar-refractivity contribution in [3.63, 3.8) is 0 Å². The van der Waals surface area contributed by atoms with Crippen molar-refractivity contribution in [3.05, 3.63) is 0 Å². The summed E-state index contributed by atoms with van der Waals surface area (Å²) in [6, 6.07) is 0. The molecular weight excluding hydrogens is 362 g/mol. The summed E-state index contributed by atoms with van der Waals surface area (Å²) in [5, 5.41) is 9.96. The quantitative estimate of drug-likeness (QED) is 0.231. The van der Waals surface area contributed by atoms with Crippen LogP contribution in [0.5, 0.6) is 0 Å². The maximum absolute atomic E-state index is 12.4. The van der Waals surface area contributed by atoms with Crippen molar-refractivity contribution >= 4 is 11.9 Å². The van der Waals surface area contributed by atoms with Gasteiger partial charge in [0.1, 0.15) is 5.54 Å². The molecule has 4 nitrogen and oxygen atoms in total. The number of rotatable bonds is 19. The normalized spacial score (nSPS) is 19.2. The van der Waals surface area contributed by atoms with Gasteiger partial charge in [0, 0.05) is 13.0 Å². The highest BCUT2D eigenvalue weighted by Gasteiger charge is 2.50. The van der Waals surface area contributed by atoms with E-state index in [1.54, 1.807) is 4.90 Å². The van der Waals surface area contributed by atoms with Gasteiger partial charge in [0.05, 0.1) is 0 Å². The lowest BCUT2D eigenvalue weighted by Crippen LogP contribution is -2.52. The minimum atomic E-state index is -0.929. The van der Waals surface area contributed by atoms with Gasteiger partial charge in [-0.15, -0.1) is 0 Å². The number of likely N-dealkylation sites (tertiary alicyclic amines) is 1. The van der Waals surface area contributed by atoms with Crippen molar-refractivity contribution in [1.82, 2.24) is 4.90 Å². The van der Waals surface area contributed by atoms with Crippen LogP contribution in [0.15, 0.2) is 0 Å². The van der Waals surface area contributed by atoms with E-state index in [4.69, 9.17) is 0 Å². The van der Waals surface area contributed by atoms with Gasteiger partial charge in [0.15, 0.2) is 0 Å². The van der Waals surface area contributed by atoms with Crippen LogP contribution in [-0.2, 0) is 9.59 Å². The number of amides is 1. The molecule has 0 unspecified atom stereocenters. The van der Waals surface area contributed by atoms with Gasteiger partial charge < -0.3 is 10.0 Å². The van der Waals surface area contributed by atoms with E-state index in [0.717, 1.165) is 25.7 Å². The Labute approximate surface area is 179 Å². The summed E-state index contributed by atoms with van der Waals surface area (Å²) in [6.45, 7) is 5.07. The monoisotopic (exact) mass is 409 g/mol. The van der Waals surface area contributed by atoms with E-state index < -0.39 is 11.5 Å². The van der Waals surface area contributed by atoms with Crippen LogP contribution in [0.1, 0.15) is 136 Å². The molecule has 1 aliphatic heterocycles. The molecule has 29 heavy (non-hydrogen) atoms. The highest BCUT2D eigenvalue weighted by atomic mass is 16.4. The zero-order valence-electron chi connectivity index (χ0n) is 19.4. The van der Waals surface area contributed by atoms with Gasteiger partial charge in [-0.05, 0) is 19.3 Å². The van der Waals surface area contributed by atoms with E-state index in [0.29, 0.717) is 25.8 Å². The van der Waals surface area contributed by atoms with Crippen LogP contribution in [-0.4, -0.2) is 34.0 Å². The molecule has 0 aromatic heterocycles. The molecule has 1 atom stereocenters. The Balaban J connectivity index is 2.30.